The van der Waals surface area contributed by atoms with Crippen molar-refractivity contribution < 1.29 is 9.53 Å². The van der Waals surface area contributed by atoms with Crippen molar-refractivity contribution in [1.82, 2.24) is 9.88 Å². The fraction of sp³-hybridized carbons (Fsp3) is 0.600. The first kappa shape index (κ1) is 14.0. The molecule has 1 aliphatic heterocycles. The van der Waals surface area contributed by atoms with E-state index in [-0.39, 0.29) is 5.97 Å². The molecule has 1 aromatic rings. The number of carbonyl (C=O) groups is 1. The van der Waals surface area contributed by atoms with Crippen LogP contribution in [0.25, 0.3) is 0 Å². The molecule has 2 heterocycles. The largest absolute Gasteiger partial charge is 0.459 e. The second kappa shape index (κ2) is 5.29. The molecule has 0 atom stereocenters. The van der Waals surface area contributed by atoms with Crippen molar-refractivity contribution in [2.45, 2.75) is 46.3 Å². The van der Waals surface area contributed by atoms with Crippen molar-refractivity contribution in [3.63, 3.8) is 0 Å². The minimum absolute atomic E-state index is 0.156. The molecule has 2 rings (SSSR count). The number of pyridine rings is 1. The Labute approximate surface area is 114 Å². The van der Waals surface area contributed by atoms with E-state index in [9.17, 15) is 4.79 Å². The molecule has 19 heavy (non-hydrogen) atoms. The Bertz CT molecular complexity index is 478. The summed E-state index contributed by atoms with van der Waals surface area (Å²) in [5.41, 5.74) is 3.03. The molecule has 4 heteroatoms. The summed E-state index contributed by atoms with van der Waals surface area (Å²) >= 11 is 0. The molecule has 0 saturated heterocycles. The lowest BCUT2D eigenvalue weighted by Gasteiger charge is -2.28. The van der Waals surface area contributed by atoms with E-state index in [1.54, 1.807) is 0 Å². The number of esters is 1. The van der Waals surface area contributed by atoms with Gasteiger partial charge in [-0.05, 0) is 39.3 Å². The number of hydrogen-bond donors (Lipinski definition) is 0. The lowest BCUT2D eigenvalue weighted by atomic mass is 10.1. The van der Waals surface area contributed by atoms with Gasteiger partial charge in [0.2, 0.25) is 0 Å². The number of rotatable bonds is 2. The van der Waals surface area contributed by atoms with E-state index in [4.69, 9.17) is 4.74 Å². The second-order valence-corrected chi connectivity index (χ2v) is 6.11. The van der Waals surface area contributed by atoms with E-state index >= 15 is 0 Å². The Hall–Kier alpha value is -1.42. The highest BCUT2D eigenvalue weighted by molar-refractivity contribution is 5.72. The van der Waals surface area contributed by atoms with Crippen molar-refractivity contribution in [2.75, 3.05) is 13.1 Å². The molecule has 0 aromatic carbocycles. The Morgan fingerprint density at radius 1 is 1.42 bits per heavy atom. The highest BCUT2D eigenvalue weighted by Gasteiger charge is 2.22. The molecule has 0 bridgehead atoms. The number of aromatic nitrogens is 1. The lowest BCUT2D eigenvalue weighted by Crippen LogP contribution is -2.38. The minimum Gasteiger partial charge on any atom is -0.459 e. The maximum Gasteiger partial charge on any atom is 0.320 e. The summed E-state index contributed by atoms with van der Waals surface area (Å²) in [4.78, 5) is 18.5. The normalized spacial score (nSPS) is 16.0. The van der Waals surface area contributed by atoms with Gasteiger partial charge >= 0.3 is 5.97 Å². The van der Waals surface area contributed by atoms with Crippen molar-refractivity contribution in [1.29, 1.82) is 0 Å². The monoisotopic (exact) mass is 262 g/mol. The second-order valence-electron chi connectivity index (χ2n) is 6.11. The van der Waals surface area contributed by atoms with Gasteiger partial charge in [0.25, 0.3) is 0 Å². The Morgan fingerprint density at radius 2 is 2.16 bits per heavy atom. The Balaban J connectivity index is 1.95. The molecule has 0 spiro atoms. The first-order valence-electron chi connectivity index (χ1n) is 6.73. The highest BCUT2D eigenvalue weighted by atomic mass is 16.6. The zero-order chi connectivity index (χ0) is 14.0. The molecule has 0 radical (unpaired) electrons. The SMILES string of the molecule is Cc1ccc2c(n1)CCN(CC(=O)OC(C)(C)C)C2. The first-order chi connectivity index (χ1) is 8.83. The molecule has 0 unspecified atom stereocenters. The van der Waals surface area contributed by atoms with Gasteiger partial charge in [-0.15, -0.1) is 0 Å². The average molecular weight is 262 g/mol. The van der Waals surface area contributed by atoms with Crippen LogP contribution >= 0.6 is 0 Å². The maximum absolute atomic E-state index is 11.8. The quantitative estimate of drug-likeness (QED) is 0.765. The topological polar surface area (TPSA) is 42.4 Å². The van der Waals surface area contributed by atoms with E-state index in [1.165, 1.54) is 11.3 Å². The van der Waals surface area contributed by atoms with Crippen molar-refractivity contribution >= 4 is 5.97 Å². The van der Waals surface area contributed by atoms with Crippen molar-refractivity contribution in [3.05, 3.63) is 29.1 Å². The van der Waals surface area contributed by atoms with E-state index in [0.717, 1.165) is 25.2 Å². The average Bonchev–Trinajstić information content (AvgIpc) is 2.26. The van der Waals surface area contributed by atoms with Crippen molar-refractivity contribution in [3.8, 4) is 0 Å². The molecule has 1 aliphatic rings. The Morgan fingerprint density at radius 3 is 2.84 bits per heavy atom. The van der Waals surface area contributed by atoms with Crippen LogP contribution in [0.1, 0.15) is 37.7 Å². The van der Waals surface area contributed by atoms with E-state index < -0.39 is 5.60 Å². The summed E-state index contributed by atoms with van der Waals surface area (Å²) in [5, 5.41) is 0. The predicted octanol–water partition coefficient (Wildman–Crippen LogP) is 2.09. The lowest BCUT2D eigenvalue weighted by molar-refractivity contribution is -0.156. The van der Waals surface area contributed by atoms with Gasteiger partial charge in [-0.25, -0.2) is 0 Å². The molecule has 104 valence electrons. The molecular weight excluding hydrogens is 240 g/mol. The first-order valence-corrected chi connectivity index (χ1v) is 6.73. The standard InChI is InChI=1S/C15H22N2O2/c1-11-5-6-12-9-17(8-7-13(12)16-11)10-14(18)19-15(2,3)4/h5-6H,7-10H2,1-4H3. The summed E-state index contributed by atoms with van der Waals surface area (Å²) < 4.78 is 5.35. The molecular formula is C15H22N2O2. The third-order valence-electron chi connectivity index (χ3n) is 3.04. The van der Waals surface area contributed by atoms with Crippen LogP contribution in [0.3, 0.4) is 0 Å². The number of ether oxygens (including phenoxy) is 1. The van der Waals surface area contributed by atoms with Crippen molar-refractivity contribution in [2.24, 2.45) is 0 Å². The van der Waals surface area contributed by atoms with Crippen LogP contribution in [0.2, 0.25) is 0 Å². The number of aryl methyl sites for hydroxylation is 1. The fourth-order valence-electron chi connectivity index (χ4n) is 2.28. The van der Waals surface area contributed by atoms with Gasteiger partial charge < -0.3 is 4.74 Å². The molecule has 1 aromatic heterocycles. The molecule has 0 fully saturated rings. The molecule has 0 amide bonds. The van der Waals surface area contributed by atoms with Crippen LogP contribution in [-0.4, -0.2) is 34.5 Å². The molecule has 0 N–H and O–H groups in total. The van der Waals surface area contributed by atoms with Gasteiger partial charge in [0, 0.05) is 30.9 Å². The highest BCUT2D eigenvalue weighted by Crippen LogP contribution is 2.18. The Kier molecular flexibility index (Phi) is 3.90. The fourth-order valence-corrected chi connectivity index (χ4v) is 2.28. The molecule has 0 aliphatic carbocycles. The summed E-state index contributed by atoms with van der Waals surface area (Å²) in [6.07, 6.45) is 0.903. The molecule has 4 nitrogen and oxygen atoms in total. The van der Waals surface area contributed by atoms with Crippen LogP contribution in [0.4, 0.5) is 0 Å². The van der Waals surface area contributed by atoms with Crippen LogP contribution in [-0.2, 0) is 22.5 Å². The maximum atomic E-state index is 11.8. The third kappa shape index (κ3) is 4.03. The van der Waals surface area contributed by atoms with Crippen LogP contribution in [0.5, 0.6) is 0 Å². The van der Waals surface area contributed by atoms with Gasteiger partial charge in [-0.3, -0.25) is 14.7 Å². The van der Waals surface area contributed by atoms with Gasteiger partial charge in [0.15, 0.2) is 0 Å². The number of fused-ring (bicyclic) bond motifs is 1. The smallest absolute Gasteiger partial charge is 0.320 e. The summed E-state index contributed by atoms with van der Waals surface area (Å²) in [7, 11) is 0. The summed E-state index contributed by atoms with van der Waals surface area (Å²) in [5.74, 6) is -0.156. The predicted molar refractivity (Wildman–Crippen MR) is 73.8 cm³/mol. The van der Waals surface area contributed by atoms with Crippen LogP contribution in [0.15, 0.2) is 12.1 Å². The third-order valence-corrected chi connectivity index (χ3v) is 3.04. The zero-order valence-electron chi connectivity index (χ0n) is 12.2. The minimum atomic E-state index is -0.413. The van der Waals surface area contributed by atoms with Gasteiger partial charge in [0.05, 0.1) is 6.54 Å². The van der Waals surface area contributed by atoms with Crippen LogP contribution < -0.4 is 0 Å². The van der Waals surface area contributed by atoms with Gasteiger partial charge in [0.1, 0.15) is 5.60 Å². The molecule has 0 saturated carbocycles. The van der Waals surface area contributed by atoms with E-state index in [0.29, 0.717) is 6.54 Å². The summed E-state index contributed by atoms with van der Waals surface area (Å²) in [6.45, 7) is 9.68. The van der Waals surface area contributed by atoms with Gasteiger partial charge in [-0.1, -0.05) is 6.07 Å². The van der Waals surface area contributed by atoms with Crippen LogP contribution in [0, 0.1) is 6.92 Å². The number of hydrogen-bond acceptors (Lipinski definition) is 4. The van der Waals surface area contributed by atoms with E-state index in [2.05, 4.69) is 16.0 Å². The van der Waals surface area contributed by atoms with E-state index in [1.807, 2.05) is 33.8 Å². The van der Waals surface area contributed by atoms with Gasteiger partial charge in [-0.2, -0.15) is 0 Å². The number of carbonyl (C=O) groups excluding carboxylic acids is 1. The zero-order valence-corrected chi connectivity index (χ0v) is 12.2. The summed E-state index contributed by atoms with van der Waals surface area (Å²) in [6, 6.07) is 4.13. The number of nitrogens with zero attached hydrogens (tertiary/aromatic N) is 2.